The summed E-state index contributed by atoms with van der Waals surface area (Å²) in [5.41, 5.74) is 5.48. The molecule has 0 aliphatic rings. The van der Waals surface area contributed by atoms with Crippen LogP contribution in [0.25, 0.3) is 0 Å². The van der Waals surface area contributed by atoms with Gasteiger partial charge < -0.3 is 15.8 Å². The van der Waals surface area contributed by atoms with Crippen LogP contribution in [0, 0.1) is 5.82 Å². The molecule has 0 radical (unpaired) electrons. The Bertz CT molecular complexity index is 703. The van der Waals surface area contributed by atoms with Crippen LogP contribution in [-0.4, -0.2) is 17.9 Å². The minimum atomic E-state index is -0.930. The molecule has 3 N–H and O–H groups in total. The summed E-state index contributed by atoms with van der Waals surface area (Å²) in [4.78, 5) is 23.3. The Labute approximate surface area is 126 Å². The lowest BCUT2D eigenvalue weighted by Crippen LogP contribution is -2.31. The summed E-state index contributed by atoms with van der Waals surface area (Å²) in [6, 6.07) is 12.1. The molecule has 2 amide bonds. The van der Waals surface area contributed by atoms with Crippen molar-refractivity contribution in [1.82, 2.24) is 0 Å². The summed E-state index contributed by atoms with van der Waals surface area (Å²) >= 11 is 0. The van der Waals surface area contributed by atoms with E-state index < -0.39 is 23.7 Å². The van der Waals surface area contributed by atoms with Crippen molar-refractivity contribution in [3.05, 3.63) is 59.9 Å². The van der Waals surface area contributed by atoms with Gasteiger partial charge in [0.2, 0.25) is 0 Å². The Kier molecular flexibility index (Phi) is 4.73. The molecule has 0 fully saturated rings. The van der Waals surface area contributed by atoms with Gasteiger partial charge in [0.15, 0.2) is 6.10 Å². The number of hydrogen-bond acceptors (Lipinski definition) is 3. The number of carbonyl (C=O) groups is 2. The molecule has 0 saturated heterocycles. The van der Waals surface area contributed by atoms with E-state index in [0.717, 1.165) is 0 Å². The summed E-state index contributed by atoms with van der Waals surface area (Å²) in [5.74, 6) is -1.53. The van der Waals surface area contributed by atoms with E-state index in [-0.39, 0.29) is 17.0 Å². The van der Waals surface area contributed by atoms with Crippen molar-refractivity contribution in [3.8, 4) is 5.75 Å². The molecule has 22 heavy (non-hydrogen) atoms. The molecule has 1 atom stereocenters. The van der Waals surface area contributed by atoms with E-state index in [4.69, 9.17) is 10.5 Å². The van der Waals surface area contributed by atoms with Gasteiger partial charge in [-0.2, -0.15) is 0 Å². The van der Waals surface area contributed by atoms with Crippen molar-refractivity contribution in [3.63, 3.8) is 0 Å². The Morgan fingerprint density at radius 2 is 1.77 bits per heavy atom. The normalized spacial score (nSPS) is 11.5. The molecule has 0 aliphatic heterocycles. The quantitative estimate of drug-likeness (QED) is 0.889. The van der Waals surface area contributed by atoms with Gasteiger partial charge in [0.25, 0.3) is 11.8 Å². The first-order chi connectivity index (χ1) is 10.5. The van der Waals surface area contributed by atoms with E-state index in [1.54, 1.807) is 18.2 Å². The fourth-order valence-electron chi connectivity index (χ4n) is 1.81. The van der Waals surface area contributed by atoms with E-state index in [0.29, 0.717) is 0 Å². The second kappa shape index (κ2) is 6.71. The highest BCUT2D eigenvalue weighted by atomic mass is 19.1. The van der Waals surface area contributed by atoms with Crippen LogP contribution in [0.5, 0.6) is 5.75 Å². The number of ether oxygens (including phenoxy) is 1. The predicted octanol–water partition coefficient (Wildman–Crippen LogP) is 2.33. The highest BCUT2D eigenvalue weighted by Gasteiger charge is 2.18. The molecular weight excluding hydrogens is 287 g/mol. The summed E-state index contributed by atoms with van der Waals surface area (Å²) in [6.45, 7) is 1.49. The largest absolute Gasteiger partial charge is 0.480 e. The maximum Gasteiger partial charge on any atom is 0.265 e. The minimum Gasteiger partial charge on any atom is -0.480 e. The van der Waals surface area contributed by atoms with Crippen LogP contribution < -0.4 is 15.8 Å². The second-order valence-electron chi connectivity index (χ2n) is 4.59. The van der Waals surface area contributed by atoms with Crippen LogP contribution in [0.4, 0.5) is 10.1 Å². The average molecular weight is 302 g/mol. The molecule has 0 aliphatic carbocycles. The second-order valence-corrected chi connectivity index (χ2v) is 4.59. The first-order valence-electron chi connectivity index (χ1n) is 6.60. The zero-order chi connectivity index (χ0) is 16.1. The molecule has 2 rings (SSSR count). The number of para-hydroxylation sites is 2. The lowest BCUT2D eigenvalue weighted by molar-refractivity contribution is -0.122. The monoisotopic (exact) mass is 302 g/mol. The van der Waals surface area contributed by atoms with Crippen LogP contribution in [0.15, 0.2) is 48.5 Å². The Balaban J connectivity index is 2.09. The Morgan fingerprint density at radius 3 is 2.45 bits per heavy atom. The first-order valence-corrected chi connectivity index (χ1v) is 6.60. The van der Waals surface area contributed by atoms with Crippen LogP contribution in [0.1, 0.15) is 17.3 Å². The summed E-state index contributed by atoms with van der Waals surface area (Å²) in [5, 5.41) is 2.42. The van der Waals surface area contributed by atoms with Gasteiger partial charge in [-0.15, -0.1) is 0 Å². The number of primary amides is 1. The van der Waals surface area contributed by atoms with Crippen molar-refractivity contribution in [2.24, 2.45) is 5.73 Å². The highest BCUT2D eigenvalue weighted by Crippen LogP contribution is 2.19. The van der Waals surface area contributed by atoms with Crippen LogP contribution in [0.3, 0.4) is 0 Å². The number of benzene rings is 2. The number of amides is 2. The number of rotatable bonds is 5. The lowest BCUT2D eigenvalue weighted by atomic mass is 10.2. The van der Waals surface area contributed by atoms with Gasteiger partial charge in [0, 0.05) is 0 Å². The maximum absolute atomic E-state index is 13.5. The van der Waals surface area contributed by atoms with E-state index >= 15 is 0 Å². The Morgan fingerprint density at radius 1 is 1.14 bits per heavy atom. The fourth-order valence-corrected chi connectivity index (χ4v) is 1.81. The van der Waals surface area contributed by atoms with Gasteiger partial charge in [0.1, 0.15) is 11.6 Å². The molecular formula is C16H15FN2O3. The number of anilines is 1. The molecule has 5 nitrogen and oxygen atoms in total. The molecule has 1 unspecified atom stereocenters. The third-order valence-electron chi connectivity index (χ3n) is 2.96. The Hall–Kier alpha value is -2.89. The smallest absolute Gasteiger partial charge is 0.265 e. The van der Waals surface area contributed by atoms with Gasteiger partial charge in [-0.3, -0.25) is 9.59 Å². The van der Waals surface area contributed by atoms with Crippen LogP contribution >= 0.6 is 0 Å². The summed E-state index contributed by atoms with van der Waals surface area (Å²) in [6.07, 6.45) is -0.930. The van der Waals surface area contributed by atoms with E-state index in [9.17, 15) is 14.0 Å². The number of halogens is 1. The zero-order valence-electron chi connectivity index (χ0n) is 11.9. The van der Waals surface area contributed by atoms with Gasteiger partial charge in [0.05, 0.1) is 11.3 Å². The minimum absolute atomic E-state index is 0.0612. The van der Waals surface area contributed by atoms with Crippen LogP contribution in [-0.2, 0) is 4.79 Å². The van der Waals surface area contributed by atoms with Crippen molar-refractivity contribution in [1.29, 1.82) is 0 Å². The third kappa shape index (κ3) is 3.60. The molecule has 0 heterocycles. The maximum atomic E-state index is 13.5. The molecule has 114 valence electrons. The van der Waals surface area contributed by atoms with Gasteiger partial charge in [-0.25, -0.2) is 4.39 Å². The molecule has 0 spiro atoms. The topological polar surface area (TPSA) is 81.4 Å². The van der Waals surface area contributed by atoms with Gasteiger partial charge >= 0.3 is 0 Å². The summed E-state index contributed by atoms with van der Waals surface area (Å²) < 4.78 is 18.9. The van der Waals surface area contributed by atoms with Crippen molar-refractivity contribution in [2.75, 3.05) is 5.32 Å². The standard InChI is InChI=1S/C16H15FN2O3/c1-10(16(21)19-13-8-4-3-7-12(13)17)22-14-9-5-2-6-11(14)15(18)20/h2-10H,1H3,(H2,18,20)(H,19,21). The first kappa shape index (κ1) is 15.5. The van der Waals surface area contributed by atoms with Crippen molar-refractivity contribution < 1.29 is 18.7 Å². The van der Waals surface area contributed by atoms with Gasteiger partial charge in [-0.1, -0.05) is 24.3 Å². The number of hydrogen-bond donors (Lipinski definition) is 2. The highest BCUT2D eigenvalue weighted by molar-refractivity contribution is 5.96. The molecule has 6 heteroatoms. The lowest BCUT2D eigenvalue weighted by Gasteiger charge is -2.16. The van der Waals surface area contributed by atoms with Crippen LogP contribution in [0.2, 0.25) is 0 Å². The van der Waals surface area contributed by atoms with Crippen molar-refractivity contribution in [2.45, 2.75) is 13.0 Å². The zero-order valence-corrected chi connectivity index (χ0v) is 11.9. The SMILES string of the molecule is CC(Oc1ccccc1C(N)=O)C(=O)Nc1ccccc1F. The molecule has 2 aromatic rings. The summed E-state index contributed by atoms with van der Waals surface area (Å²) in [7, 11) is 0. The van der Waals surface area contributed by atoms with Crippen molar-refractivity contribution >= 4 is 17.5 Å². The number of nitrogens with one attached hydrogen (secondary N) is 1. The molecule has 0 aromatic heterocycles. The van der Waals surface area contributed by atoms with E-state index in [1.165, 1.54) is 37.3 Å². The molecule has 2 aromatic carbocycles. The fraction of sp³-hybridized carbons (Fsp3) is 0.125. The molecule has 0 bridgehead atoms. The number of carbonyl (C=O) groups excluding carboxylic acids is 2. The number of nitrogens with two attached hydrogens (primary N) is 1. The van der Waals surface area contributed by atoms with E-state index in [2.05, 4.69) is 5.32 Å². The average Bonchev–Trinajstić information content (AvgIpc) is 2.49. The van der Waals surface area contributed by atoms with Gasteiger partial charge in [-0.05, 0) is 31.2 Å². The third-order valence-corrected chi connectivity index (χ3v) is 2.96. The predicted molar refractivity (Wildman–Crippen MR) is 80.1 cm³/mol. The molecule has 0 saturated carbocycles. The van der Waals surface area contributed by atoms with E-state index in [1.807, 2.05) is 0 Å².